The molecule has 2 aliphatic heterocycles. The number of nitrogens with zero attached hydrogens (tertiary/aromatic N) is 3. The van der Waals surface area contributed by atoms with E-state index >= 15 is 0 Å². The van der Waals surface area contributed by atoms with E-state index < -0.39 is 5.72 Å². The van der Waals surface area contributed by atoms with Gasteiger partial charge in [-0.1, -0.05) is 54.2 Å². The molecule has 3 aromatic rings. The number of H-pyrrole nitrogens is 1. The summed E-state index contributed by atoms with van der Waals surface area (Å²) < 4.78 is 6.29. The maximum absolute atomic E-state index is 13.9. The summed E-state index contributed by atoms with van der Waals surface area (Å²) in [5.74, 6) is -0.739. The summed E-state index contributed by atoms with van der Waals surface area (Å²) in [6, 6.07) is 16.1. The number of rotatable bonds is 5. The van der Waals surface area contributed by atoms with Crippen molar-refractivity contribution in [3.63, 3.8) is 0 Å². The summed E-state index contributed by atoms with van der Waals surface area (Å²) in [5, 5.41) is 0.338. The molecule has 34 heavy (non-hydrogen) atoms. The Balaban J connectivity index is 1.60. The highest BCUT2D eigenvalue weighted by molar-refractivity contribution is 7.99. The van der Waals surface area contributed by atoms with E-state index in [1.54, 1.807) is 17.9 Å². The first-order valence-corrected chi connectivity index (χ1v) is 11.7. The Morgan fingerprint density at radius 1 is 1.21 bits per heavy atom. The number of para-hydroxylation sites is 2. The number of aromatic nitrogens is 2. The van der Waals surface area contributed by atoms with Crippen molar-refractivity contribution in [1.29, 1.82) is 0 Å². The summed E-state index contributed by atoms with van der Waals surface area (Å²) in [6.45, 7) is 5.96. The molecule has 9 heteroatoms. The van der Waals surface area contributed by atoms with E-state index in [0.717, 1.165) is 17.3 Å². The first-order chi connectivity index (χ1) is 16.5. The lowest BCUT2D eigenvalue weighted by Gasteiger charge is -2.43. The van der Waals surface area contributed by atoms with Crippen molar-refractivity contribution in [3.8, 4) is 0 Å². The minimum Gasteiger partial charge on any atom is -0.338 e. The molecule has 172 valence electrons. The zero-order chi connectivity index (χ0) is 23.9. The quantitative estimate of drug-likeness (QED) is 0.347. The maximum atomic E-state index is 13.9. The number of aromatic amines is 1. The molecule has 0 bridgehead atoms. The van der Waals surface area contributed by atoms with Crippen LogP contribution in [-0.2, 0) is 26.7 Å². The van der Waals surface area contributed by atoms with Crippen LogP contribution in [0.3, 0.4) is 0 Å². The van der Waals surface area contributed by atoms with E-state index in [1.165, 1.54) is 11.0 Å². The number of carbonyl (C=O) groups is 2. The zero-order valence-electron chi connectivity index (χ0n) is 18.5. The number of fused-ring (bicyclic) bond motifs is 3. The number of ether oxygens (including phenoxy) is 1. The Morgan fingerprint density at radius 3 is 2.71 bits per heavy atom. The van der Waals surface area contributed by atoms with Crippen molar-refractivity contribution >= 4 is 35.0 Å². The molecular weight excluding hydrogens is 452 g/mol. The van der Waals surface area contributed by atoms with Gasteiger partial charge in [0.2, 0.25) is 5.91 Å². The Morgan fingerprint density at radius 2 is 1.94 bits per heavy atom. The van der Waals surface area contributed by atoms with E-state index in [2.05, 4.69) is 16.5 Å². The third-order valence-electron chi connectivity index (χ3n) is 5.82. The van der Waals surface area contributed by atoms with Gasteiger partial charge in [0.15, 0.2) is 5.16 Å². The van der Waals surface area contributed by atoms with Gasteiger partial charge in [-0.15, -0.1) is 6.58 Å². The molecule has 0 fully saturated rings. The predicted octanol–water partition coefficient (Wildman–Crippen LogP) is 3.12. The second-order valence-electron chi connectivity index (χ2n) is 7.99. The molecule has 0 saturated carbocycles. The summed E-state index contributed by atoms with van der Waals surface area (Å²) in [7, 11) is 0. The normalized spacial score (nSPS) is 18.7. The number of anilines is 2. The molecule has 0 saturated heterocycles. The largest absolute Gasteiger partial charge is 0.338 e. The van der Waals surface area contributed by atoms with E-state index in [-0.39, 0.29) is 36.3 Å². The maximum Gasteiger partial charge on any atom is 0.286 e. The fraction of sp³-hybridized carbons (Fsp3) is 0.200. The molecule has 2 aromatic carbocycles. The lowest BCUT2D eigenvalue weighted by atomic mass is 9.97. The number of aryl methyl sites for hydroxylation is 1. The number of hydrogen-bond donors (Lipinski definition) is 1. The molecule has 1 aromatic heterocycles. The van der Waals surface area contributed by atoms with Crippen molar-refractivity contribution in [2.45, 2.75) is 24.4 Å². The highest BCUT2D eigenvalue weighted by atomic mass is 32.2. The molecule has 3 heterocycles. The van der Waals surface area contributed by atoms with Gasteiger partial charge >= 0.3 is 0 Å². The van der Waals surface area contributed by atoms with Gasteiger partial charge in [-0.3, -0.25) is 19.3 Å². The molecular formula is C25H22N4O4S. The average Bonchev–Trinajstić information content (AvgIpc) is 3.05. The highest BCUT2D eigenvalue weighted by Gasteiger charge is 2.59. The third kappa shape index (κ3) is 3.44. The summed E-state index contributed by atoms with van der Waals surface area (Å²) in [6.07, 6.45) is 1.65. The van der Waals surface area contributed by atoms with Crippen LogP contribution in [-0.4, -0.2) is 34.1 Å². The molecule has 1 atom stereocenters. The van der Waals surface area contributed by atoms with Crippen molar-refractivity contribution < 1.29 is 14.3 Å². The lowest BCUT2D eigenvalue weighted by Crippen LogP contribution is -2.60. The number of amides is 2. The van der Waals surface area contributed by atoms with E-state index in [0.29, 0.717) is 27.8 Å². The number of hydrogen-bond acceptors (Lipinski definition) is 6. The van der Waals surface area contributed by atoms with Crippen molar-refractivity contribution in [2.24, 2.45) is 0 Å². The molecule has 0 radical (unpaired) electrons. The second-order valence-corrected chi connectivity index (χ2v) is 8.96. The van der Waals surface area contributed by atoms with Crippen molar-refractivity contribution in [1.82, 2.24) is 9.97 Å². The van der Waals surface area contributed by atoms with Gasteiger partial charge in [-0.25, -0.2) is 4.98 Å². The van der Waals surface area contributed by atoms with Crippen LogP contribution in [0.4, 0.5) is 11.4 Å². The number of nitrogens with one attached hydrogen (secondary N) is 1. The molecule has 1 N–H and O–H groups in total. The fourth-order valence-electron chi connectivity index (χ4n) is 4.46. The third-order valence-corrected chi connectivity index (χ3v) is 6.68. The molecule has 1 unspecified atom stereocenters. The van der Waals surface area contributed by atoms with Gasteiger partial charge < -0.3 is 14.6 Å². The van der Waals surface area contributed by atoms with Crippen LogP contribution in [0.15, 0.2) is 77.2 Å². The standard InChI is InChI=1S/C25H22N4O4S/c1-3-12-28-20-11-7-5-9-18(20)25(23(28)32)29(19-10-6-4-8-17(19)14-33-25)22(31)15-34-24-26-16(2)13-21(30)27-24/h3-11,13H,1,12,14-15H2,2H3,(H,26,27,30). The summed E-state index contributed by atoms with van der Waals surface area (Å²) in [5.41, 5.74) is 1.36. The number of carbonyl (C=O) groups excluding carboxylic acids is 2. The van der Waals surface area contributed by atoms with Crippen LogP contribution in [0.1, 0.15) is 16.8 Å². The first-order valence-electron chi connectivity index (χ1n) is 10.7. The second kappa shape index (κ2) is 8.58. The van der Waals surface area contributed by atoms with Crippen LogP contribution in [0.5, 0.6) is 0 Å². The molecule has 5 rings (SSSR count). The highest BCUT2D eigenvalue weighted by Crippen LogP contribution is 2.50. The molecule has 0 aliphatic carbocycles. The minimum absolute atomic E-state index is 0.0528. The monoisotopic (exact) mass is 474 g/mol. The van der Waals surface area contributed by atoms with Crippen LogP contribution in [0.25, 0.3) is 0 Å². The summed E-state index contributed by atoms with van der Waals surface area (Å²) >= 11 is 1.11. The van der Waals surface area contributed by atoms with Gasteiger partial charge in [-0.2, -0.15) is 0 Å². The average molecular weight is 475 g/mol. The van der Waals surface area contributed by atoms with E-state index in [4.69, 9.17) is 4.74 Å². The molecule has 2 amide bonds. The Bertz CT molecular complexity index is 1370. The first kappa shape index (κ1) is 22.1. The van der Waals surface area contributed by atoms with Crippen molar-refractivity contribution in [2.75, 3.05) is 22.1 Å². The topological polar surface area (TPSA) is 95.6 Å². The van der Waals surface area contributed by atoms with Crippen LogP contribution in [0, 0.1) is 6.92 Å². The summed E-state index contributed by atoms with van der Waals surface area (Å²) in [4.78, 5) is 49.5. The molecule has 2 aliphatic rings. The number of benzene rings is 2. The van der Waals surface area contributed by atoms with Gasteiger partial charge in [0, 0.05) is 29.4 Å². The SMILES string of the molecule is C=CCN1C(=O)C2(OCc3ccccc3N2C(=O)CSc2nc(C)cc(=O)[nH]2)c2ccccc21. The Hall–Kier alpha value is -3.69. The van der Waals surface area contributed by atoms with E-state index in [1.807, 2.05) is 48.5 Å². The van der Waals surface area contributed by atoms with Gasteiger partial charge in [0.05, 0.1) is 23.7 Å². The molecule has 8 nitrogen and oxygen atoms in total. The zero-order valence-corrected chi connectivity index (χ0v) is 19.3. The molecule has 1 spiro atoms. The van der Waals surface area contributed by atoms with E-state index in [9.17, 15) is 14.4 Å². The van der Waals surface area contributed by atoms with Crippen LogP contribution >= 0.6 is 11.8 Å². The van der Waals surface area contributed by atoms with Gasteiger partial charge in [0.25, 0.3) is 17.2 Å². The van der Waals surface area contributed by atoms with Gasteiger partial charge in [-0.05, 0) is 19.1 Å². The fourth-order valence-corrected chi connectivity index (χ4v) is 5.23. The Kier molecular flexibility index (Phi) is 5.59. The number of thioether (sulfide) groups is 1. The lowest BCUT2D eigenvalue weighted by molar-refractivity contribution is -0.152. The van der Waals surface area contributed by atoms with Crippen LogP contribution in [0.2, 0.25) is 0 Å². The Labute approximate surface area is 200 Å². The van der Waals surface area contributed by atoms with Crippen molar-refractivity contribution in [3.05, 3.63) is 94.4 Å². The predicted molar refractivity (Wildman–Crippen MR) is 130 cm³/mol. The minimum atomic E-state index is -1.63. The van der Waals surface area contributed by atoms with Gasteiger partial charge in [0.1, 0.15) is 0 Å². The smallest absolute Gasteiger partial charge is 0.286 e. The van der Waals surface area contributed by atoms with Crippen LogP contribution < -0.4 is 15.4 Å².